The average molecular weight is 934 g/mol. The maximum Gasteiger partial charge on any atom is 0.306 e. The van der Waals surface area contributed by atoms with Crippen molar-refractivity contribution in [2.24, 2.45) is 0 Å². The lowest BCUT2D eigenvalue weighted by molar-refractivity contribution is -0.870. The third-order valence-corrected chi connectivity index (χ3v) is 12.2. The average Bonchev–Trinajstić information content (AvgIpc) is 3.26. The van der Waals surface area contributed by atoms with Gasteiger partial charge in [0.25, 0.3) is 7.82 Å². The second-order valence-corrected chi connectivity index (χ2v) is 20.3. The van der Waals surface area contributed by atoms with E-state index in [-0.39, 0.29) is 26.1 Å². The van der Waals surface area contributed by atoms with E-state index in [4.69, 9.17) is 18.5 Å². The summed E-state index contributed by atoms with van der Waals surface area (Å²) in [6, 6.07) is 0. The number of phosphoric acid groups is 1. The van der Waals surface area contributed by atoms with Gasteiger partial charge in [-0.25, -0.2) is 0 Å². The van der Waals surface area contributed by atoms with Crippen molar-refractivity contribution >= 4 is 19.8 Å². The number of carbonyl (C=O) groups is 2. The summed E-state index contributed by atoms with van der Waals surface area (Å²) >= 11 is 0. The Balaban J connectivity index is 4.24. The van der Waals surface area contributed by atoms with Crippen LogP contribution in [-0.2, 0) is 32.7 Å². The molecule has 2 unspecified atom stereocenters. The topological polar surface area (TPSA) is 111 Å². The zero-order valence-electron chi connectivity index (χ0n) is 42.7. The molecule has 0 N–H and O–H groups in total. The highest BCUT2D eigenvalue weighted by molar-refractivity contribution is 7.45. The molecule has 0 spiro atoms. The lowest BCUT2D eigenvalue weighted by Gasteiger charge is -2.28. The summed E-state index contributed by atoms with van der Waals surface area (Å²) in [6.07, 6.45) is 58.2. The molecule has 0 fully saturated rings. The lowest BCUT2D eigenvalue weighted by atomic mass is 10.0. The van der Waals surface area contributed by atoms with Crippen molar-refractivity contribution in [2.75, 3.05) is 47.5 Å². The highest BCUT2D eigenvalue weighted by Gasteiger charge is 2.21. The van der Waals surface area contributed by atoms with Crippen molar-refractivity contribution < 1.29 is 42.1 Å². The van der Waals surface area contributed by atoms with Crippen LogP contribution >= 0.6 is 7.82 Å². The third kappa shape index (κ3) is 51.0. The summed E-state index contributed by atoms with van der Waals surface area (Å²) in [6.45, 7) is 4.19. The third-order valence-electron chi connectivity index (χ3n) is 11.3. The molecule has 0 aromatic carbocycles. The first-order valence-corrected chi connectivity index (χ1v) is 28.0. The van der Waals surface area contributed by atoms with Crippen LogP contribution in [0.15, 0.2) is 60.8 Å². The monoisotopic (exact) mass is 934 g/mol. The molecule has 9 nitrogen and oxygen atoms in total. The molecule has 0 amide bonds. The van der Waals surface area contributed by atoms with Gasteiger partial charge in [-0.2, -0.15) is 0 Å². The SMILES string of the molecule is CCCCCC/C=C\C/C=C\CCCCCCCC(=O)OCC(COP(=O)([O-])OCC[N+](C)(C)C)OC(=O)CCCCCCCCCCCC/C=C\C/C=C\C/C=C\CCCCCCC. The maximum absolute atomic E-state index is 12.8. The predicted molar refractivity (Wildman–Crippen MR) is 273 cm³/mol. The van der Waals surface area contributed by atoms with Gasteiger partial charge in [-0.3, -0.25) is 14.2 Å². The highest BCUT2D eigenvalue weighted by atomic mass is 31.2. The summed E-state index contributed by atoms with van der Waals surface area (Å²) in [4.78, 5) is 37.7. The number of nitrogens with zero attached hydrogens (tertiary/aromatic N) is 1. The second-order valence-electron chi connectivity index (χ2n) is 18.9. The number of esters is 2. The Hall–Kier alpha value is -2.29. The molecule has 0 aliphatic carbocycles. The summed E-state index contributed by atoms with van der Waals surface area (Å²) in [5.74, 6) is -0.853. The van der Waals surface area contributed by atoms with Crippen LogP contribution in [0.3, 0.4) is 0 Å². The molecule has 65 heavy (non-hydrogen) atoms. The van der Waals surface area contributed by atoms with Gasteiger partial charge in [-0.05, 0) is 83.5 Å². The van der Waals surface area contributed by atoms with Gasteiger partial charge in [-0.1, -0.05) is 190 Å². The van der Waals surface area contributed by atoms with E-state index in [1.807, 2.05) is 21.1 Å². The van der Waals surface area contributed by atoms with Crippen LogP contribution in [-0.4, -0.2) is 70.0 Å². The fourth-order valence-electron chi connectivity index (χ4n) is 7.10. The minimum absolute atomic E-state index is 0.0360. The summed E-state index contributed by atoms with van der Waals surface area (Å²) < 4.78 is 34.0. The van der Waals surface area contributed by atoms with Gasteiger partial charge >= 0.3 is 11.9 Å². The van der Waals surface area contributed by atoms with Crippen molar-refractivity contribution in [3.63, 3.8) is 0 Å². The van der Waals surface area contributed by atoms with E-state index < -0.39 is 32.5 Å². The molecular formula is C55H100NO8P. The fraction of sp³-hybridized carbons (Fsp3) is 0.782. The molecule has 0 aliphatic heterocycles. The zero-order valence-corrected chi connectivity index (χ0v) is 43.6. The number of phosphoric ester groups is 1. The van der Waals surface area contributed by atoms with Gasteiger partial charge in [0.05, 0.1) is 27.7 Å². The maximum atomic E-state index is 12.8. The lowest BCUT2D eigenvalue weighted by Crippen LogP contribution is -2.37. The van der Waals surface area contributed by atoms with E-state index in [0.717, 1.165) is 77.0 Å². The quantitative estimate of drug-likeness (QED) is 0.0195. The molecule has 2 atom stereocenters. The van der Waals surface area contributed by atoms with Crippen LogP contribution in [0.5, 0.6) is 0 Å². The largest absolute Gasteiger partial charge is 0.756 e. The summed E-state index contributed by atoms with van der Waals surface area (Å²) in [7, 11) is 1.15. The molecule has 0 saturated heterocycles. The molecule has 0 rings (SSSR count). The van der Waals surface area contributed by atoms with Crippen LogP contribution < -0.4 is 4.89 Å². The Kier molecular flexibility index (Phi) is 45.2. The number of quaternary nitrogens is 1. The first-order chi connectivity index (χ1) is 31.5. The van der Waals surface area contributed by atoms with Gasteiger partial charge in [0, 0.05) is 12.8 Å². The number of likely N-dealkylation sites (N-methyl/N-ethyl adjacent to an activating group) is 1. The number of allylic oxidation sites excluding steroid dienone is 10. The van der Waals surface area contributed by atoms with Gasteiger partial charge in [0.2, 0.25) is 0 Å². The minimum Gasteiger partial charge on any atom is -0.756 e. The van der Waals surface area contributed by atoms with Crippen molar-refractivity contribution in [1.29, 1.82) is 0 Å². The molecule has 0 aliphatic rings. The zero-order chi connectivity index (χ0) is 47.8. The van der Waals surface area contributed by atoms with Gasteiger partial charge in [0.1, 0.15) is 19.8 Å². The van der Waals surface area contributed by atoms with Gasteiger partial charge in [0.15, 0.2) is 6.10 Å². The molecular weight excluding hydrogens is 834 g/mol. The van der Waals surface area contributed by atoms with E-state index >= 15 is 0 Å². The van der Waals surface area contributed by atoms with E-state index in [1.165, 1.54) is 109 Å². The molecule has 0 aromatic heterocycles. The molecule has 0 aromatic rings. The van der Waals surface area contributed by atoms with Gasteiger partial charge in [-0.15, -0.1) is 0 Å². The van der Waals surface area contributed by atoms with Crippen LogP contribution in [0, 0.1) is 0 Å². The van der Waals surface area contributed by atoms with Crippen LogP contribution in [0.2, 0.25) is 0 Å². The summed E-state index contributed by atoms with van der Waals surface area (Å²) in [5.41, 5.74) is 0. The Morgan fingerprint density at radius 2 is 0.831 bits per heavy atom. The number of hydrogen-bond donors (Lipinski definition) is 0. The van der Waals surface area contributed by atoms with Crippen LogP contribution in [0.25, 0.3) is 0 Å². The molecule has 0 bridgehead atoms. The number of rotatable bonds is 48. The van der Waals surface area contributed by atoms with Gasteiger partial charge < -0.3 is 27.9 Å². The second kappa shape index (κ2) is 46.8. The molecule has 0 saturated carbocycles. The summed E-state index contributed by atoms with van der Waals surface area (Å²) in [5, 5.41) is 0. The van der Waals surface area contributed by atoms with Crippen molar-refractivity contribution in [3.05, 3.63) is 60.8 Å². The Bertz CT molecular complexity index is 1290. The van der Waals surface area contributed by atoms with Crippen molar-refractivity contribution in [1.82, 2.24) is 0 Å². The number of hydrogen-bond acceptors (Lipinski definition) is 8. The van der Waals surface area contributed by atoms with Crippen LogP contribution in [0.4, 0.5) is 0 Å². The Morgan fingerprint density at radius 3 is 1.25 bits per heavy atom. The molecule has 0 radical (unpaired) electrons. The minimum atomic E-state index is -4.64. The molecule has 10 heteroatoms. The van der Waals surface area contributed by atoms with E-state index in [0.29, 0.717) is 23.9 Å². The fourth-order valence-corrected chi connectivity index (χ4v) is 7.83. The van der Waals surface area contributed by atoms with E-state index in [1.54, 1.807) is 0 Å². The Labute approximate surface area is 400 Å². The van der Waals surface area contributed by atoms with Crippen molar-refractivity contribution in [2.45, 2.75) is 232 Å². The number of carbonyl (C=O) groups excluding carboxylic acids is 2. The van der Waals surface area contributed by atoms with E-state index in [9.17, 15) is 19.0 Å². The van der Waals surface area contributed by atoms with E-state index in [2.05, 4.69) is 74.6 Å². The Morgan fingerprint density at radius 1 is 0.477 bits per heavy atom. The highest BCUT2D eigenvalue weighted by Crippen LogP contribution is 2.38. The standard InChI is InChI=1S/C55H100NO8P/c1-6-8-10-12-14-16-18-20-22-24-25-26-27-28-29-30-31-32-34-36-38-40-42-44-46-48-55(58)64-53(52-63-65(59,60)62-50-49-56(3,4)5)51-61-54(57)47-45-43-41-39-37-35-33-23-21-19-17-15-13-11-9-7-2/h17-20,23-25,27-28,33,53H,6-16,21-22,26,29-32,34-52H2,1-5H3/b19-17-,20-18-,25-24-,28-27-,33-23-. The smallest absolute Gasteiger partial charge is 0.306 e. The number of ether oxygens (including phenoxy) is 2. The molecule has 0 heterocycles. The molecule has 378 valence electrons. The number of unbranched alkanes of at least 4 members (excludes halogenated alkanes) is 24. The first kappa shape index (κ1) is 62.7. The predicted octanol–water partition coefficient (Wildman–Crippen LogP) is 15.3. The van der Waals surface area contributed by atoms with Crippen LogP contribution in [0.1, 0.15) is 226 Å². The normalized spacial score (nSPS) is 13.9. The first-order valence-electron chi connectivity index (χ1n) is 26.5. The van der Waals surface area contributed by atoms with Crippen molar-refractivity contribution in [3.8, 4) is 0 Å².